The molecule has 6 heteroatoms. The van der Waals surface area contributed by atoms with Crippen molar-refractivity contribution in [2.24, 2.45) is 0 Å². The highest BCUT2D eigenvalue weighted by Crippen LogP contribution is 2.19. The number of thiophene rings is 1. The molecule has 1 aliphatic rings. The minimum Gasteiger partial charge on any atom is -0.352 e. The number of likely N-dealkylation sites (tertiary alicyclic amines) is 1. The van der Waals surface area contributed by atoms with Crippen molar-refractivity contribution in [3.8, 4) is 0 Å². The number of carbonyl (C=O) groups is 1. The number of amides is 1. The second kappa shape index (κ2) is 7.55. The smallest absolute Gasteiger partial charge is 0.225 e. The van der Waals surface area contributed by atoms with Crippen LogP contribution < -0.4 is 5.32 Å². The zero-order valence-corrected chi connectivity index (χ0v) is 15.3. The third-order valence-electron chi connectivity index (χ3n) is 4.15. The largest absolute Gasteiger partial charge is 0.352 e. The number of nitrogens with one attached hydrogen (secondary N) is 1. The summed E-state index contributed by atoms with van der Waals surface area (Å²) >= 11 is 3.43. The van der Waals surface area contributed by atoms with Crippen LogP contribution in [0.4, 0.5) is 0 Å². The van der Waals surface area contributed by atoms with Crippen LogP contribution in [0.2, 0.25) is 0 Å². The maximum absolute atomic E-state index is 12.3. The maximum atomic E-state index is 12.3. The fourth-order valence-electron chi connectivity index (χ4n) is 3.10. The molecule has 0 saturated carbocycles. The van der Waals surface area contributed by atoms with Gasteiger partial charge in [0, 0.05) is 28.9 Å². The van der Waals surface area contributed by atoms with Crippen LogP contribution in [0.1, 0.15) is 33.3 Å². The molecule has 1 amide bonds. The predicted molar refractivity (Wildman–Crippen MR) is 96.1 cm³/mol. The minimum absolute atomic E-state index is 0.125. The Bertz CT molecular complexity index is 651. The number of piperidine rings is 1. The normalized spacial score (nSPS) is 19.0. The van der Waals surface area contributed by atoms with E-state index in [9.17, 15) is 4.79 Å². The second-order valence-corrected chi connectivity index (χ2v) is 8.46. The molecule has 0 bridgehead atoms. The molecule has 1 unspecified atom stereocenters. The molecule has 1 saturated heterocycles. The molecule has 4 nitrogen and oxygen atoms in total. The first-order valence-electron chi connectivity index (χ1n) is 8.07. The van der Waals surface area contributed by atoms with Gasteiger partial charge in [0.05, 0.1) is 17.1 Å². The highest BCUT2D eigenvalue weighted by atomic mass is 32.1. The quantitative estimate of drug-likeness (QED) is 0.902. The fourth-order valence-corrected chi connectivity index (χ4v) is 4.78. The van der Waals surface area contributed by atoms with Gasteiger partial charge in [-0.2, -0.15) is 0 Å². The summed E-state index contributed by atoms with van der Waals surface area (Å²) in [6.07, 6.45) is 2.68. The Morgan fingerprint density at radius 1 is 1.48 bits per heavy atom. The number of aromatic nitrogens is 1. The Balaban J connectivity index is 1.50. The molecule has 3 heterocycles. The van der Waals surface area contributed by atoms with Gasteiger partial charge in [0.25, 0.3) is 0 Å². The van der Waals surface area contributed by atoms with E-state index in [0.29, 0.717) is 6.42 Å². The van der Waals surface area contributed by atoms with E-state index < -0.39 is 0 Å². The van der Waals surface area contributed by atoms with E-state index in [2.05, 4.69) is 32.7 Å². The van der Waals surface area contributed by atoms with E-state index in [4.69, 9.17) is 0 Å². The van der Waals surface area contributed by atoms with Gasteiger partial charge in [0.1, 0.15) is 0 Å². The number of hydrogen-bond acceptors (Lipinski definition) is 5. The van der Waals surface area contributed by atoms with Crippen LogP contribution in [0.3, 0.4) is 0 Å². The van der Waals surface area contributed by atoms with E-state index >= 15 is 0 Å². The van der Waals surface area contributed by atoms with Crippen molar-refractivity contribution in [2.75, 3.05) is 13.1 Å². The van der Waals surface area contributed by atoms with Crippen LogP contribution in [0.15, 0.2) is 17.5 Å². The lowest BCUT2D eigenvalue weighted by molar-refractivity contribution is -0.121. The van der Waals surface area contributed by atoms with Gasteiger partial charge in [-0.05, 0) is 44.7 Å². The van der Waals surface area contributed by atoms with Crippen molar-refractivity contribution in [2.45, 2.75) is 45.7 Å². The van der Waals surface area contributed by atoms with Gasteiger partial charge >= 0.3 is 0 Å². The molecule has 1 fully saturated rings. The molecule has 0 aliphatic carbocycles. The van der Waals surface area contributed by atoms with Crippen LogP contribution in [0, 0.1) is 13.8 Å². The van der Waals surface area contributed by atoms with E-state index in [-0.39, 0.29) is 11.9 Å². The summed E-state index contributed by atoms with van der Waals surface area (Å²) in [7, 11) is 0. The number of carbonyl (C=O) groups excluding carboxylic acids is 1. The summed E-state index contributed by atoms with van der Waals surface area (Å²) in [4.78, 5) is 21.6. The lowest BCUT2D eigenvalue weighted by Crippen LogP contribution is -2.47. The molecule has 0 aromatic carbocycles. The van der Waals surface area contributed by atoms with Gasteiger partial charge in [-0.1, -0.05) is 6.07 Å². The Labute approximate surface area is 145 Å². The summed E-state index contributed by atoms with van der Waals surface area (Å²) in [6, 6.07) is 4.55. The lowest BCUT2D eigenvalue weighted by atomic mass is 10.1. The van der Waals surface area contributed by atoms with Crippen LogP contribution in [0.25, 0.3) is 0 Å². The van der Waals surface area contributed by atoms with Crippen LogP contribution in [0.5, 0.6) is 0 Å². The molecule has 1 aliphatic heterocycles. The number of hydrogen-bond donors (Lipinski definition) is 1. The number of rotatable bonds is 5. The number of aryl methyl sites for hydroxylation is 2. The van der Waals surface area contributed by atoms with Gasteiger partial charge < -0.3 is 5.32 Å². The maximum Gasteiger partial charge on any atom is 0.225 e. The van der Waals surface area contributed by atoms with E-state index in [1.165, 1.54) is 4.88 Å². The molecular weight excluding hydrogens is 326 g/mol. The van der Waals surface area contributed by atoms with Crippen molar-refractivity contribution in [3.63, 3.8) is 0 Å². The molecule has 1 atom stereocenters. The molecule has 2 aromatic rings. The summed E-state index contributed by atoms with van der Waals surface area (Å²) in [5.41, 5.74) is 0.991. The molecule has 124 valence electrons. The Kier molecular flexibility index (Phi) is 5.46. The highest BCUT2D eigenvalue weighted by Gasteiger charge is 2.22. The van der Waals surface area contributed by atoms with Gasteiger partial charge in [-0.15, -0.1) is 22.7 Å². The first kappa shape index (κ1) is 16.6. The first-order valence-corrected chi connectivity index (χ1v) is 9.77. The van der Waals surface area contributed by atoms with E-state index in [1.54, 1.807) is 22.7 Å². The van der Waals surface area contributed by atoms with Crippen molar-refractivity contribution in [3.05, 3.63) is 38.0 Å². The molecule has 23 heavy (non-hydrogen) atoms. The topological polar surface area (TPSA) is 45.2 Å². The monoisotopic (exact) mass is 349 g/mol. The minimum atomic E-state index is 0.125. The summed E-state index contributed by atoms with van der Waals surface area (Å²) in [5, 5.41) is 6.37. The Hall–Kier alpha value is -1.24. The third-order valence-corrected chi connectivity index (χ3v) is 6.08. The van der Waals surface area contributed by atoms with Gasteiger partial charge in [-0.25, -0.2) is 4.98 Å². The van der Waals surface area contributed by atoms with Crippen molar-refractivity contribution in [1.29, 1.82) is 0 Å². The second-order valence-electron chi connectivity index (χ2n) is 6.14. The standard InChI is InChI=1S/C17H23N3OS2/c1-12-16(23-13(2)18-12)9-17(21)19-14-5-3-7-20(10-14)11-15-6-4-8-22-15/h4,6,8,14H,3,5,7,9-11H2,1-2H3,(H,19,21). The number of thiazole rings is 1. The van der Waals surface area contributed by atoms with Crippen LogP contribution >= 0.6 is 22.7 Å². The SMILES string of the molecule is Cc1nc(C)c(CC(=O)NC2CCCN(Cc3cccs3)C2)s1. The molecule has 0 spiro atoms. The summed E-state index contributed by atoms with van der Waals surface area (Å²) in [6.45, 7) is 7.04. The molecule has 1 N–H and O–H groups in total. The van der Waals surface area contributed by atoms with Gasteiger partial charge in [0.15, 0.2) is 0 Å². The molecule has 0 radical (unpaired) electrons. The zero-order chi connectivity index (χ0) is 16.2. The lowest BCUT2D eigenvalue weighted by Gasteiger charge is -2.32. The molecule has 3 rings (SSSR count). The highest BCUT2D eigenvalue weighted by molar-refractivity contribution is 7.11. The summed E-state index contributed by atoms with van der Waals surface area (Å²) in [5.74, 6) is 0.125. The average Bonchev–Trinajstić information content (AvgIpc) is 3.09. The van der Waals surface area contributed by atoms with Crippen molar-refractivity contribution < 1.29 is 4.79 Å². The zero-order valence-electron chi connectivity index (χ0n) is 13.7. The fraction of sp³-hybridized carbons (Fsp3) is 0.529. The van der Waals surface area contributed by atoms with Crippen molar-refractivity contribution >= 4 is 28.6 Å². The third kappa shape index (κ3) is 4.62. The van der Waals surface area contributed by atoms with E-state index in [0.717, 1.165) is 48.1 Å². The first-order chi connectivity index (χ1) is 11.1. The van der Waals surface area contributed by atoms with Crippen molar-refractivity contribution in [1.82, 2.24) is 15.2 Å². The Morgan fingerprint density at radius 2 is 2.35 bits per heavy atom. The van der Waals surface area contributed by atoms with Gasteiger partial charge in [0.2, 0.25) is 5.91 Å². The number of nitrogens with zero attached hydrogens (tertiary/aromatic N) is 2. The molecular formula is C17H23N3OS2. The van der Waals surface area contributed by atoms with Crippen LogP contribution in [-0.4, -0.2) is 34.9 Å². The van der Waals surface area contributed by atoms with Crippen LogP contribution in [-0.2, 0) is 17.8 Å². The van der Waals surface area contributed by atoms with E-state index in [1.807, 2.05) is 13.8 Å². The Morgan fingerprint density at radius 3 is 3.04 bits per heavy atom. The molecule has 2 aromatic heterocycles. The van der Waals surface area contributed by atoms with Gasteiger partial charge in [-0.3, -0.25) is 9.69 Å². The average molecular weight is 350 g/mol. The predicted octanol–water partition coefficient (Wildman–Crippen LogP) is 3.14. The summed E-state index contributed by atoms with van der Waals surface area (Å²) < 4.78 is 0.